The molecule has 3 aromatic carbocycles. The van der Waals surface area contributed by atoms with E-state index in [9.17, 15) is 14.4 Å². The lowest BCUT2D eigenvalue weighted by molar-refractivity contribution is -0.142. The number of benzene rings is 3. The molecule has 0 radical (unpaired) electrons. The van der Waals surface area contributed by atoms with Gasteiger partial charge in [0, 0.05) is 38.2 Å². The van der Waals surface area contributed by atoms with Gasteiger partial charge in [-0.1, -0.05) is 6.07 Å². The summed E-state index contributed by atoms with van der Waals surface area (Å²) in [5.74, 6) is 0.775. The van der Waals surface area contributed by atoms with Gasteiger partial charge >= 0.3 is 17.9 Å². The van der Waals surface area contributed by atoms with Crippen LogP contribution < -0.4 is 33.2 Å². The molecule has 0 N–H and O–H groups in total. The minimum atomic E-state index is -0.579. The Morgan fingerprint density at radius 3 is 1.70 bits per heavy atom. The summed E-state index contributed by atoms with van der Waals surface area (Å²) in [4.78, 5) is 35.4. The maximum atomic E-state index is 12.0. The zero-order chi connectivity index (χ0) is 35.7. The first-order valence-electron chi connectivity index (χ1n) is 16.1. The number of ether oxygens (including phenoxy) is 10. The van der Waals surface area contributed by atoms with Crippen LogP contribution in [0.2, 0.25) is 0 Å². The molecule has 3 aliphatic rings. The van der Waals surface area contributed by atoms with Crippen molar-refractivity contribution in [1.82, 2.24) is 0 Å². The van der Waals surface area contributed by atoms with Crippen LogP contribution >= 0.6 is 0 Å². The van der Waals surface area contributed by atoms with Crippen molar-refractivity contribution in [3.63, 3.8) is 0 Å². The van der Waals surface area contributed by atoms with Crippen molar-refractivity contribution in [1.29, 1.82) is 0 Å². The first kappa shape index (κ1) is 34.8. The summed E-state index contributed by atoms with van der Waals surface area (Å²) in [7, 11) is 6.05. The molecule has 13 nitrogen and oxygen atoms in total. The van der Waals surface area contributed by atoms with Gasteiger partial charge in [-0.2, -0.15) is 0 Å². The van der Waals surface area contributed by atoms with Crippen molar-refractivity contribution in [3.05, 3.63) is 64.7 Å². The van der Waals surface area contributed by atoms with E-state index in [2.05, 4.69) is 0 Å². The maximum Gasteiger partial charge on any atom is 0.308 e. The van der Waals surface area contributed by atoms with Crippen LogP contribution in [0.3, 0.4) is 0 Å². The molecule has 0 aliphatic carbocycles. The second-order valence-corrected chi connectivity index (χ2v) is 12.3. The van der Waals surface area contributed by atoms with Gasteiger partial charge in [0.15, 0.2) is 34.5 Å². The Labute approximate surface area is 289 Å². The molecule has 6 rings (SSSR count). The number of carbonyl (C=O) groups excluding carboxylic acids is 3. The zero-order valence-corrected chi connectivity index (χ0v) is 28.9. The summed E-state index contributed by atoms with van der Waals surface area (Å²) >= 11 is 0. The maximum absolute atomic E-state index is 12.0. The fourth-order valence-corrected chi connectivity index (χ4v) is 7.06. The first-order chi connectivity index (χ1) is 24.1. The van der Waals surface area contributed by atoms with Crippen LogP contribution in [0.15, 0.2) is 42.5 Å². The third-order valence-corrected chi connectivity index (χ3v) is 9.22. The molecule has 0 bridgehead atoms. The molecule has 3 aliphatic heterocycles. The molecule has 6 atom stereocenters. The minimum absolute atomic E-state index is 0.00252. The van der Waals surface area contributed by atoms with E-state index in [4.69, 9.17) is 47.4 Å². The smallest absolute Gasteiger partial charge is 0.308 e. The molecule has 3 heterocycles. The SMILES string of the molecule is COc1cc([C@@H]2Oc3c(OC)cc([C@@H]4OC[C@@H]5[C@@H]4CO[C@H]5c4cc(OC)c(OC(C)=O)c(OC)c4)cc3[C@H]2COC(C)=O)ccc1OC(C)=O. The number of esters is 3. The molecule has 13 heteroatoms. The van der Waals surface area contributed by atoms with Crippen LogP contribution in [0.5, 0.6) is 40.2 Å². The average molecular weight is 693 g/mol. The Balaban J connectivity index is 1.31. The molecule has 266 valence electrons. The van der Waals surface area contributed by atoms with Crippen molar-refractivity contribution < 1.29 is 61.8 Å². The number of carbonyl (C=O) groups is 3. The van der Waals surface area contributed by atoms with Crippen molar-refractivity contribution in [2.24, 2.45) is 11.8 Å². The highest BCUT2D eigenvalue weighted by molar-refractivity contribution is 5.72. The fraction of sp³-hybridized carbons (Fsp3) is 0.432. The van der Waals surface area contributed by atoms with E-state index in [1.54, 1.807) is 37.4 Å². The summed E-state index contributed by atoms with van der Waals surface area (Å²) in [5, 5.41) is 0. The van der Waals surface area contributed by atoms with Crippen LogP contribution in [-0.2, 0) is 28.6 Å². The lowest BCUT2D eigenvalue weighted by Crippen LogP contribution is -2.17. The van der Waals surface area contributed by atoms with Gasteiger partial charge in [0.05, 0.1) is 59.8 Å². The highest BCUT2D eigenvalue weighted by Gasteiger charge is 2.49. The number of methoxy groups -OCH3 is 4. The second-order valence-electron chi connectivity index (χ2n) is 12.3. The summed E-state index contributed by atoms with van der Waals surface area (Å²) in [6.45, 7) is 4.89. The van der Waals surface area contributed by atoms with Gasteiger partial charge in [-0.3, -0.25) is 14.4 Å². The second kappa shape index (κ2) is 14.5. The van der Waals surface area contributed by atoms with Gasteiger partial charge in [-0.25, -0.2) is 0 Å². The average Bonchev–Trinajstić information content (AvgIpc) is 3.80. The molecule has 0 unspecified atom stereocenters. The van der Waals surface area contributed by atoms with Crippen LogP contribution in [-0.4, -0.2) is 66.2 Å². The predicted molar refractivity (Wildman–Crippen MR) is 175 cm³/mol. The highest BCUT2D eigenvalue weighted by atomic mass is 16.6. The topological polar surface area (TPSA) is 144 Å². The van der Waals surface area contributed by atoms with Gasteiger partial charge in [0.1, 0.15) is 12.7 Å². The fourth-order valence-electron chi connectivity index (χ4n) is 7.06. The number of rotatable bonds is 11. The standard InChI is InChI=1S/C37H40O13/c1-18(38)45-15-25-24-10-22(12-30(42-5)36(24)50-35(25)21-8-9-28(48-19(2)39)29(11-21)41-4)33-26-16-47-34(27(26)17-46-33)23-13-31(43-6)37(49-20(3)40)32(14-23)44-7/h8-14,25-27,33-35H,15-17H2,1-7H3/t25-,26+,27-,33+,34+,35+/m1/s1. The van der Waals surface area contributed by atoms with Crippen molar-refractivity contribution >= 4 is 17.9 Å². The Morgan fingerprint density at radius 1 is 0.620 bits per heavy atom. The monoisotopic (exact) mass is 692 g/mol. The van der Waals surface area contributed by atoms with Crippen LogP contribution in [0.25, 0.3) is 0 Å². The first-order valence-corrected chi connectivity index (χ1v) is 16.1. The number of fused-ring (bicyclic) bond motifs is 2. The van der Waals surface area contributed by atoms with E-state index in [1.807, 2.05) is 12.1 Å². The van der Waals surface area contributed by atoms with Crippen LogP contribution in [0.1, 0.15) is 67.3 Å². The molecule has 0 aromatic heterocycles. The van der Waals surface area contributed by atoms with E-state index in [-0.39, 0.29) is 42.1 Å². The lowest BCUT2D eigenvalue weighted by atomic mass is 9.83. The van der Waals surface area contributed by atoms with E-state index >= 15 is 0 Å². The number of hydrogen-bond donors (Lipinski definition) is 0. The Bertz CT molecular complexity index is 1760. The molecule has 50 heavy (non-hydrogen) atoms. The molecular formula is C37H40O13. The molecule has 2 saturated heterocycles. The minimum Gasteiger partial charge on any atom is -0.493 e. The molecular weight excluding hydrogens is 652 g/mol. The summed E-state index contributed by atoms with van der Waals surface area (Å²) in [6.07, 6.45) is -1.24. The van der Waals surface area contributed by atoms with Gasteiger partial charge in [-0.15, -0.1) is 0 Å². The molecule has 0 spiro atoms. The van der Waals surface area contributed by atoms with Crippen molar-refractivity contribution in [2.45, 2.75) is 45.0 Å². The van der Waals surface area contributed by atoms with Gasteiger partial charge in [0.2, 0.25) is 5.75 Å². The van der Waals surface area contributed by atoms with Crippen molar-refractivity contribution in [2.75, 3.05) is 48.3 Å². The van der Waals surface area contributed by atoms with Crippen LogP contribution in [0, 0.1) is 11.8 Å². The predicted octanol–water partition coefficient (Wildman–Crippen LogP) is 5.43. The van der Waals surface area contributed by atoms with E-state index in [0.717, 1.165) is 22.3 Å². The third-order valence-electron chi connectivity index (χ3n) is 9.22. The molecule has 3 aromatic rings. The Hall–Kier alpha value is -5.01. The zero-order valence-electron chi connectivity index (χ0n) is 28.9. The van der Waals surface area contributed by atoms with Gasteiger partial charge in [0.25, 0.3) is 0 Å². The third kappa shape index (κ3) is 6.62. The van der Waals surface area contributed by atoms with E-state index in [0.29, 0.717) is 42.0 Å². The van der Waals surface area contributed by atoms with Crippen LogP contribution in [0.4, 0.5) is 0 Å². The van der Waals surface area contributed by atoms with Gasteiger partial charge in [-0.05, 0) is 53.1 Å². The van der Waals surface area contributed by atoms with E-state index < -0.39 is 29.9 Å². The Morgan fingerprint density at radius 2 is 1.16 bits per heavy atom. The molecule has 0 saturated carbocycles. The largest absolute Gasteiger partial charge is 0.493 e. The van der Waals surface area contributed by atoms with Gasteiger partial charge < -0.3 is 47.4 Å². The summed E-state index contributed by atoms with van der Waals surface area (Å²) < 4.78 is 58.1. The highest BCUT2D eigenvalue weighted by Crippen LogP contribution is 2.56. The normalized spacial score (nSPS) is 23.3. The summed E-state index contributed by atoms with van der Waals surface area (Å²) in [5.41, 5.74) is 3.21. The van der Waals surface area contributed by atoms with Crippen molar-refractivity contribution in [3.8, 4) is 40.2 Å². The quantitative estimate of drug-likeness (QED) is 0.186. The lowest BCUT2D eigenvalue weighted by Gasteiger charge is -2.21. The van der Waals surface area contributed by atoms with E-state index in [1.165, 1.54) is 42.1 Å². The summed E-state index contributed by atoms with van der Waals surface area (Å²) in [6, 6.07) is 12.7. The Kier molecular flexibility index (Phi) is 10.1. The molecule has 2 fully saturated rings. The number of hydrogen-bond acceptors (Lipinski definition) is 13. The molecule has 0 amide bonds.